The standard InChI is InChI=1S/C27H19F3N8O2/c1-14-20-23(38(36-14)24-21-22(32-12-31-21)33-13-34-24)35-19(39)10-26(20)17-7-2-3-8-18(17)37(25(26)40)11-15-5-4-6-16(9-15)27(28,29)30/h2-9,12-13H,10-11H2,1H3,(H,35,39)(H,31,32,33,34)/t26-/m1/s1. The van der Waals surface area contributed by atoms with Crippen LogP contribution in [0.25, 0.3) is 17.0 Å². The number of carbonyl (C=O) groups excluding carboxylic acids is 2. The summed E-state index contributed by atoms with van der Waals surface area (Å²) in [5.74, 6) is -0.206. The molecule has 10 nitrogen and oxygen atoms in total. The molecule has 1 atom stereocenters. The second kappa shape index (κ2) is 8.21. The van der Waals surface area contributed by atoms with Crippen molar-refractivity contribution in [1.82, 2.24) is 29.7 Å². The maximum atomic E-state index is 14.4. The lowest BCUT2D eigenvalue weighted by molar-refractivity contribution is -0.137. The SMILES string of the molecule is Cc1nn(-c2ncnc3nc[nH]c23)c2c1[C@]1(CC(=O)N2)C(=O)N(Cc2cccc(C(F)(F)F)c2)c2ccccc21. The Morgan fingerprint density at radius 3 is 2.70 bits per heavy atom. The first-order chi connectivity index (χ1) is 19.2. The number of imidazole rings is 1. The van der Waals surface area contributed by atoms with Crippen LogP contribution in [0.15, 0.2) is 61.2 Å². The summed E-state index contributed by atoms with van der Waals surface area (Å²) in [6.45, 7) is 1.64. The molecule has 200 valence electrons. The van der Waals surface area contributed by atoms with E-state index in [1.165, 1.54) is 28.3 Å². The molecule has 2 aliphatic heterocycles. The van der Waals surface area contributed by atoms with Crippen LogP contribution in [-0.2, 0) is 27.7 Å². The van der Waals surface area contributed by atoms with Gasteiger partial charge >= 0.3 is 6.18 Å². The first-order valence-corrected chi connectivity index (χ1v) is 12.3. The number of aromatic amines is 1. The summed E-state index contributed by atoms with van der Waals surface area (Å²) in [4.78, 5) is 44.8. The molecule has 0 unspecified atom stereocenters. The Bertz CT molecular complexity index is 1860. The molecule has 2 amide bonds. The van der Waals surface area contributed by atoms with Crippen LogP contribution in [0.2, 0.25) is 0 Å². The van der Waals surface area contributed by atoms with E-state index in [2.05, 4.69) is 30.4 Å². The minimum atomic E-state index is -4.52. The fourth-order valence-electron chi connectivity index (χ4n) is 5.85. The topological polar surface area (TPSA) is 122 Å². The molecule has 40 heavy (non-hydrogen) atoms. The highest BCUT2D eigenvalue weighted by Gasteiger charge is 2.58. The van der Waals surface area contributed by atoms with E-state index < -0.39 is 29.0 Å². The molecule has 1 spiro atoms. The van der Waals surface area contributed by atoms with Gasteiger partial charge in [0.05, 0.1) is 24.1 Å². The molecular formula is C27H19F3N8O2. The predicted octanol–water partition coefficient (Wildman–Crippen LogP) is 4.04. The van der Waals surface area contributed by atoms with E-state index in [1.54, 1.807) is 37.3 Å². The predicted molar refractivity (Wildman–Crippen MR) is 137 cm³/mol. The molecule has 0 aliphatic carbocycles. The molecule has 0 radical (unpaired) electrons. The van der Waals surface area contributed by atoms with Crippen molar-refractivity contribution in [2.45, 2.75) is 31.5 Å². The van der Waals surface area contributed by atoms with E-state index in [0.29, 0.717) is 45.1 Å². The third kappa shape index (κ3) is 3.30. The minimum absolute atomic E-state index is 0.105. The number of fused-ring (bicyclic) bond motifs is 5. The maximum absolute atomic E-state index is 14.4. The van der Waals surface area contributed by atoms with Gasteiger partial charge in [0.2, 0.25) is 11.8 Å². The number of alkyl halides is 3. The lowest BCUT2D eigenvalue weighted by Crippen LogP contribution is -2.46. The highest BCUT2D eigenvalue weighted by molar-refractivity contribution is 6.16. The third-order valence-corrected chi connectivity index (χ3v) is 7.43. The van der Waals surface area contributed by atoms with Gasteiger partial charge in [-0.2, -0.15) is 23.0 Å². The fraction of sp³-hybridized carbons (Fsp3) is 0.185. The zero-order chi connectivity index (χ0) is 27.8. The number of hydrogen-bond acceptors (Lipinski definition) is 6. The molecule has 0 saturated heterocycles. The van der Waals surface area contributed by atoms with Gasteiger partial charge in [0.25, 0.3) is 0 Å². The van der Waals surface area contributed by atoms with Gasteiger partial charge in [-0.05, 0) is 36.2 Å². The van der Waals surface area contributed by atoms with E-state index in [4.69, 9.17) is 0 Å². The highest BCUT2D eigenvalue weighted by Crippen LogP contribution is 2.53. The van der Waals surface area contributed by atoms with E-state index in [-0.39, 0.29) is 18.8 Å². The summed E-state index contributed by atoms with van der Waals surface area (Å²) in [7, 11) is 0. The van der Waals surface area contributed by atoms with E-state index in [0.717, 1.165) is 12.1 Å². The van der Waals surface area contributed by atoms with Crippen LogP contribution >= 0.6 is 0 Å². The number of aromatic nitrogens is 6. The van der Waals surface area contributed by atoms with Gasteiger partial charge in [-0.3, -0.25) is 9.59 Å². The number of nitrogens with one attached hydrogen (secondary N) is 2. The number of carbonyl (C=O) groups is 2. The van der Waals surface area contributed by atoms with Crippen LogP contribution in [0.5, 0.6) is 0 Å². The van der Waals surface area contributed by atoms with Crippen molar-refractivity contribution >= 4 is 34.5 Å². The number of rotatable bonds is 3. The Kier molecular flexibility index (Phi) is 4.93. The Hall–Kier alpha value is -5.07. The van der Waals surface area contributed by atoms with Crippen molar-refractivity contribution in [3.63, 3.8) is 0 Å². The summed E-state index contributed by atoms with van der Waals surface area (Å²) in [6.07, 6.45) is -1.92. The summed E-state index contributed by atoms with van der Waals surface area (Å²) in [6, 6.07) is 11.9. The lowest BCUT2D eigenvalue weighted by atomic mass is 9.70. The number of H-pyrrole nitrogens is 1. The van der Waals surface area contributed by atoms with Crippen LogP contribution in [0.3, 0.4) is 0 Å². The zero-order valence-electron chi connectivity index (χ0n) is 20.8. The van der Waals surface area contributed by atoms with Gasteiger partial charge in [0.15, 0.2) is 11.5 Å². The number of halogens is 3. The molecular weight excluding hydrogens is 525 g/mol. The smallest absolute Gasteiger partial charge is 0.340 e. The first kappa shape index (κ1) is 24.0. The lowest BCUT2D eigenvalue weighted by Gasteiger charge is -2.33. The average molecular weight is 544 g/mol. The van der Waals surface area contributed by atoms with Gasteiger partial charge in [-0.15, -0.1) is 0 Å². The number of amides is 2. The largest absolute Gasteiger partial charge is 0.416 e. The number of hydrogen-bond donors (Lipinski definition) is 2. The quantitative estimate of drug-likeness (QED) is 0.354. The molecule has 7 rings (SSSR count). The molecule has 2 aromatic carbocycles. The van der Waals surface area contributed by atoms with Crippen LogP contribution in [0.4, 0.5) is 24.7 Å². The molecule has 2 N–H and O–H groups in total. The molecule has 0 fully saturated rings. The molecule has 0 bridgehead atoms. The van der Waals surface area contributed by atoms with Crippen molar-refractivity contribution in [1.29, 1.82) is 0 Å². The van der Waals surface area contributed by atoms with E-state index in [1.807, 2.05) is 0 Å². The van der Waals surface area contributed by atoms with Crippen molar-refractivity contribution in [2.24, 2.45) is 0 Å². The number of para-hydroxylation sites is 1. The molecule has 13 heteroatoms. The average Bonchev–Trinajstić information content (AvgIpc) is 3.60. The van der Waals surface area contributed by atoms with Gasteiger partial charge in [0, 0.05) is 17.7 Å². The van der Waals surface area contributed by atoms with Crippen LogP contribution < -0.4 is 10.2 Å². The van der Waals surface area contributed by atoms with Crippen molar-refractivity contribution in [3.05, 3.63) is 89.1 Å². The van der Waals surface area contributed by atoms with Gasteiger partial charge in [0.1, 0.15) is 23.1 Å². The molecule has 3 aromatic heterocycles. The Labute approximate surface area is 223 Å². The fourth-order valence-corrected chi connectivity index (χ4v) is 5.85. The van der Waals surface area contributed by atoms with Crippen molar-refractivity contribution < 1.29 is 22.8 Å². The summed E-state index contributed by atoms with van der Waals surface area (Å²) in [5, 5.41) is 7.54. The second-order valence-corrected chi connectivity index (χ2v) is 9.76. The maximum Gasteiger partial charge on any atom is 0.416 e. The zero-order valence-corrected chi connectivity index (χ0v) is 20.8. The molecule has 2 aliphatic rings. The normalized spacial score (nSPS) is 18.4. The van der Waals surface area contributed by atoms with Crippen LogP contribution in [0.1, 0.15) is 34.4 Å². The van der Waals surface area contributed by atoms with Crippen LogP contribution in [-0.4, -0.2) is 41.5 Å². The highest BCUT2D eigenvalue weighted by atomic mass is 19.4. The Morgan fingerprint density at radius 2 is 1.88 bits per heavy atom. The summed E-state index contributed by atoms with van der Waals surface area (Å²) < 4.78 is 41.7. The molecule has 0 saturated carbocycles. The van der Waals surface area contributed by atoms with Gasteiger partial charge < -0.3 is 15.2 Å². The Morgan fingerprint density at radius 1 is 1.05 bits per heavy atom. The number of aryl methyl sites for hydroxylation is 1. The number of benzene rings is 2. The first-order valence-electron chi connectivity index (χ1n) is 12.3. The van der Waals surface area contributed by atoms with Gasteiger partial charge in [-0.1, -0.05) is 30.3 Å². The van der Waals surface area contributed by atoms with Crippen molar-refractivity contribution in [2.75, 3.05) is 10.2 Å². The van der Waals surface area contributed by atoms with Crippen molar-refractivity contribution in [3.8, 4) is 5.82 Å². The molecule has 5 heterocycles. The summed E-state index contributed by atoms with van der Waals surface area (Å²) in [5.41, 5.74) is 1.07. The molecule has 5 aromatic rings. The summed E-state index contributed by atoms with van der Waals surface area (Å²) >= 11 is 0. The monoisotopic (exact) mass is 544 g/mol. The Balaban J connectivity index is 1.40. The number of anilines is 2. The number of nitrogens with zero attached hydrogens (tertiary/aromatic N) is 6. The third-order valence-electron chi connectivity index (χ3n) is 7.43. The second-order valence-electron chi connectivity index (χ2n) is 9.76. The van der Waals surface area contributed by atoms with Gasteiger partial charge in [-0.25, -0.2) is 15.0 Å². The van der Waals surface area contributed by atoms with E-state index >= 15 is 0 Å². The minimum Gasteiger partial charge on any atom is -0.340 e. The van der Waals surface area contributed by atoms with E-state index in [9.17, 15) is 22.8 Å². The van der Waals surface area contributed by atoms with Crippen LogP contribution in [0, 0.1) is 6.92 Å².